The molecule has 0 spiro atoms. The van der Waals surface area contributed by atoms with Crippen molar-refractivity contribution in [1.29, 1.82) is 0 Å². The zero-order chi connectivity index (χ0) is 25.5. The van der Waals surface area contributed by atoms with Crippen molar-refractivity contribution in [3.63, 3.8) is 0 Å². The number of carbonyl (C=O) groups excluding carboxylic acids is 1. The van der Waals surface area contributed by atoms with E-state index in [1.807, 2.05) is 0 Å². The summed E-state index contributed by atoms with van der Waals surface area (Å²) in [7, 11) is -7.45. The van der Waals surface area contributed by atoms with Crippen LogP contribution in [-0.4, -0.2) is 49.6 Å². The molecular weight excluding hydrogens is 479 g/mol. The normalized spacial score (nSPS) is 22.1. The van der Waals surface area contributed by atoms with Crippen molar-refractivity contribution in [1.82, 2.24) is 4.90 Å². The number of sulfonamides is 1. The number of amides is 1. The Hall–Kier alpha value is -2.62. The lowest BCUT2D eigenvalue weighted by atomic mass is 9.92. The molecule has 2 aliphatic heterocycles. The van der Waals surface area contributed by atoms with Crippen molar-refractivity contribution in [3.8, 4) is 0 Å². The number of amidine groups is 1. The van der Waals surface area contributed by atoms with Crippen LogP contribution in [0.1, 0.15) is 41.0 Å². The number of hydrogen-bond acceptors (Lipinski definition) is 7. The standard InChI is InChI=1S/C22H31N4O6PS/c1-7-16-19(27)18(21(28)26(16)12-11-22(3,4)5)20-23-15-10-9-14(25-34(6,30)31)13-17(15)33(29,24-20)32-8-2/h7,9-10,13,25,27H,8,11-12H2,1-6H3,(H,23,24,29)/b16-7+. The molecule has 0 aromatic heterocycles. The molecule has 0 radical (unpaired) electrons. The second kappa shape index (κ2) is 9.20. The Bertz CT molecular complexity index is 1260. The molecule has 3 rings (SSSR count). The maximum atomic E-state index is 13.8. The molecule has 186 valence electrons. The first kappa shape index (κ1) is 26.0. The minimum absolute atomic E-state index is 0.0283. The first-order valence-electron chi connectivity index (χ1n) is 10.9. The maximum absolute atomic E-state index is 13.8. The molecule has 1 aromatic carbocycles. The molecule has 34 heavy (non-hydrogen) atoms. The highest BCUT2D eigenvalue weighted by Gasteiger charge is 2.42. The molecule has 0 bridgehead atoms. The van der Waals surface area contributed by atoms with Crippen LogP contribution in [0.4, 0.5) is 11.4 Å². The van der Waals surface area contributed by atoms with Gasteiger partial charge in [-0.1, -0.05) is 26.8 Å². The third-order valence-corrected chi connectivity index (χ3v) is 7.88. The number of anilines is 2. The van der Waals surface area contributed by atoms with E-state index in [1.165, 1.54) is 23.1 Å². The zero-order valence-corrected chi connectivity index (χ0v) is 21.9. The van der Waals surface area contributed by atoms with Crippen molar-refractivity contribution >= 4 is 46.0 Å². The number of benzene rings is 1. The summed E-state index contributed by atoms with van der Waals surface area (Å²) in [5, 5.41) is 14.0. The Balaban J connectivity index is 2.05. The summed E-state index contributed by atoms with van der Waals surface area (Å²) in [6.45, 7) is 10.0. The van der Waals surface area contributed by atoms with Gasteiger partial charge in [0.1, 0.15) is 5.57 Å². The summed E-state index contributed by atoms with van der Waals surface area (Å²) in [6.07, 6.45) is 3.35. The summed E-state index contributed by atoms with van der Waals surface area (Å²) >= 11 is 0. The highest BCUT2D eigenvalue weighted by molar-refractivity contribution is 7.92. The van der Waals surface area contributed by atoms with Gasteiger partial charge in [0, 0.05) is 12.2 Å². The summed E-state index contributed by atoms with van der Waals surface area (Å²) in [4.78, 5) is 14.8. The zero-order valence-electron chi connectivity index (χ0n) is 20.2. The van der Waals surface area contributed by atoms with Crippen molar-refractivity contribution in [2.24, 2.45) is 10.2 Å². The quantitative estimate of drug-likeness (QED) is 0.475. The lowest BCUT2D eigenvalue weighted by Gasteiger charge is -2.26. The molecule has 0 fully saturated rings. The van der Waals surface area contributed by atoms with Crippen LogP contribution in [0.25, 0.3) is 0 Å². The molecule has 0 saturated carbocycles. The largest absolute Gasteiger partial charge is 0.505 e. The number of hydrogen-bond donors (Lipinski definition) is 3. The van der Waals surface area contributed by atoms with E-state index in [1.54, 1.807) is 19.9 Å². The van der Waals surface area contributed by atoms with Gasteiger partial charge in [0.2, 0.25) is 10.0 Å². The lowest BCUT2D eigenvalue weighted by Crippen LogP contribution is -2.34. The Kier molecular flexibility index (Phi) is 7.04. The van der Waals surface area contributed by atoms with Crippen LogP contribution >= 0.6 is 7.52 Å². The van der Waals surface area contributed by atoms with E-state index in [-0.39, 0.29) is 40.2 Å². The predicted octanol–water partition coefficient (Wildman–Crippen LogP) is 3.73. The van der Waals surface area contributed by atoms with Crippen molar-refractivity contribution in [2.45, 2.75) is 41.0 Å². The Labute approximate surface area is 200 Å². The van der Waals surface area contributed by atoms with Gasteiger partial charge in [-0.15, -0.1) is 0 Å². The fraction of sp³-hybridized carbons (Fsp3) is 0.455. The van der Waals surface area contributed by atoms with E-state index in [4.69, 9.17) is 4.52 Å². The smallest absolute Gasteiger partial charge is 0.348 e. The Morgan fingerprint density at radius 2 is 2.00 bits per heavy atom. The highest BCUT2D eigenvalue weighted by Crippen LogP contribution is 2.52. The van der Waals surface area contributed by atoms with Crippen LogP contribution in [0.2, 0.25) is 0 Å². The average molecular weight is 511 g/mol. The second-order valence-electron chi connectivity index (χ2n) is 9.28. The van der Waals surface area contributed by atoms with Crippen LogP contribution in [-0.2, 0) is 23.9 Å². The molecule has 12 heteroatoms. The summed E-state index contributed by atoms with van der Waals surface area (Å²) in [5.74, 6) is -0.773. The molecule has 1 aromatic rings. The number of carbonyl (C=O) groups is 1. The molecule has 2 heterocycles. The molecule has 10 nitrogen and oxygen atoms in total. The van der Waals surface area contributed by atoms with Gasteiger partial charge in [-0.25, -0.2) is 8.42 Å². The molecule has 0 aliphatic carbocycles. The van der Waals surface area contributed by atoms with Crippen LogP contribution in [0, 0.1) is 5.41 Å². The first-order chi connectivity index (χ1) is 15.7. The van der Waals surface area contributed by atoms with Gasteiger partial charge in [0.05, 0.1) is 29.6 Å². The molecule has 0 saturated heterocycles. The Morgan fingerprint density at radius 3 is 2.56 bits per heavy atom. The highest BCUT2D eigenvalue weighted by atomic mass is 32.2. The van der Waals surface area contributed by atoms with Gasteiger partial charge < -0.3 is 19.8 Å². The summed E-state index contributed by atoms with van der Waals surface area (Å²) in [5.41, 5.74) is 0.776. The third kappa shape index (κ3) is 5.37. The van der Waals surface area contributed by atoms with E-state index in [0.717, 1.165) is 6.26 Å². The first-order valence-corrected chi connectivity index (χ1v) is 14.3. The van der Waals surface area contributed by atoms with E-state index < -0.39 is 23.5 Å². The van der Waals surface area contributed by atoms with E-state index in [2.05, 4.69) is 35.6 Å². The van der Waals surface area contributed by atoms with Crippen molar-refractivity contribution < 1.29 is 27.4 Å². The van der Waals surface area contributed by atoms with Crippen molar-refractivity contribution in [2.75, 3.05) is 29.4 Å². The van der Waals surface area contributed by atoms with Gasteiger partial charge in [-0.05, 0) is 43.9 Å². The van der Waals surface area contributed by atoms with Gasteiger partial charge in [-0.2, -0.15) is 4.76 Å². The fourth-order valence-electron chi connectivity index (χ4n) is 3.65. The number of allylic oxidation sites excluding steroid dienone is 1. The van der Waals surface area contributed by atoms with Gasteiger partial charge in [0.25, 0.3) is 5.91 Å². The molecule has 2 aliphatic rings. The fourth-order valence-corrected chi connectivity index (χ4v) is 6.01. The van der Waals surface area contributed by atoms with Crippen LogP contribution in [0.5, 0.6) is 0 Å². The number of aliphatic hydroxyl groups excluding tert-OH is 1. The maximum Gasteiger partial charge on any atom is 0.348 e. The van der Waals surface area contributed by atoms with Crippen LogP contribution in [0.15, 0.2) is 46.1 Å². The molecule has 3 N–H and O–H groups in total. The van der Waals surface area contributed by atoms with Crippen LogP contribution in [0.3, 0.4) is 0 Å². The molecular formula is C22H31N4O6PS. The number of rotatable bonds is 7. The SMILES string of the molecule is C/C=C1\C(O)=C(C2=NP(=O)(OCC)c3cc(NS(C)(=O)=O)ccc3N2)C(=O)N1CCC(C)(C)C. The van der Waals surface area contributed by atoms with Crippen molar-refractivity contribution in [3.05, 3.63) is 41.3 Å². The topological polar surface area (TPSA) is 137 Å². The molecule has 1 atom stereocenters. The Morgan fingerprint density at radius 1 is 1.32 bits per heavy atom. The number of nitrogens with zero attached hydrogens (tertiary/aromatic N) is 2. The molecule has 1 unspecified atom stereocenters. The van der Waals surface area contributed by atoms with Crippen LogP contribution < -0.4 is 15.3 Å². The number of nitrogens with one attached hydrogen (secondary N) is 2. The number of aliphatic hydroxyl groups is 1. The second-order valence-corrected chi connectivity index (χ2v) is 13.0. The summed E-state index contributed by atoms with van der Waals surface area (Å²) < 4.78 is 49.1. The monoisotopic (exact) mass is 510 g/mol. The number of fused-ring (bicyclic) bond motifs is 1. The average Bonchev–Trinajstić information content (AvgIpc) is 2.94. The minimum atomic E-state index is -3.89. The van der Waals surface area contributed by atoms with E-state index in [0.29, 0.717) is 24.4 Å². The summed E-state index contributed by atoms with van der Waals surface area (Å²) in [6, 6.07) is 4.40. The minimum Gasteiger partial charge on any atom is -0.505 e. The van der Waals surface area contributed by atoms with Gasteiger partial charge in [-0.3, -0.25) is 14.1 Å². The third-order valence-electron chi connectivity index (χ3n) is 5.22. The van der Waals surface area contributed by atoms with Gasteiger partial charge >= 0.3 is 7.52 Å². The molecule has 1 amide bonds. The van der Waals surface area contributed by atoms with Gasteiger partial charge in [0.15, 0.2) is 11.6 Å². The van der Waals surface area contributed by atoms with E-state index in [9.17, 15) is 22.9 Å². The predicted molar refractivity (Wildman–Crippen MR) is 134 cm³/mol. The van der Waals surface area contributed by atoms with E-state index >= 15 is 0 Å². The lowest BCUT2D eigenvalue weighted by molar-refractivity contribution is -0.124.